The van der Waals surface area contributed by atoms with E-state index in [-0.39, 0.29) is 17.0 Å². The summed E-state index contributed by atoms with van der Waals surface area (Å²) in [6.45, 7) is 9.38. The van der Waals surface area contributed by atoms with E-state index in [2.05, 4.69) is 25.0 Å². The summed E-state index contributed by atoms with van der Waals surface area (Å²) in [5, 5.41) is 11.3. The number of rotatable bonds is 6. The fourth-order valence-corrected chi connectivity index (χ4v) is 4.53. The van der Waals surface area contributed by atoms with E-state index in [1.54, 1.807) is 25.6 Å². The lowest BCUT2D eigenvalue weighted by atomic mass is 10.1. The number of aromatic amines is 1. The van der Waals surface area contributed by atoms with Gasteiger partial charge in [0.15, 0.2) is 5.82 Å². The Morgan fingerprint density at radius 2 is 1.83 bits per heavy atom. The highest BCUT2D eigenvalue weighted by Crippen LogP contribution is 2.25. The molecule has 3 rings (SSSR count). The van der Waals surface area contributed by atoms with E-state index in [1.165, 1.54) is 0 Å². The van der Waals surface area contributed by atoms with Crippen molar-refractivity contribution in [1.29, 1.82) is 0 Å². The Labute approximate surface area is 170 Å². The lowest BCUT2D eigenvalue weighted by Gasteiger charge is -2.21. The summed E-state index contributed by atoms with van der Waals surface area (Å²) in [6.07, 6.45) is 0. The Balaban J connectivity index is 1.78. The zero-order chi connectivity index (χ0) is 21.4. The number of aromatic nitrogens is 5. The molecule has 10 heteroatoms. The number of hydrogen-bond acceptors (Lipinski definition) is 6. The maximum atomic E-state index is 12.9. The highest BCUT2D eigenvalue weighted by Gasteiger charge is 2.28. The van der Waals surface area contributed by atoms with E-state index in [4.69, 9.17) is 4.74 Å². The maximum Gasteiger partial charge on any atom is 0.244 e. The first-order valence-corrected chi connectivity index (χ1v) is 10.6. The van der Waals surface area contributed by atoms with Gasteiger partial charge < -0.3 is 4.74 Å². The molecule has 0 fully saturated rings. The molecule has 2 heterocycles. The summed E-state index contributed by atoms with van der Waals surface area (Å²) in [5.74, 6) is 1.63. The van der Waals surface area contributed by atoms with E-state index in [0.717, 1.165) is 11.3 Å². The van der Waals surface area contributed by atoms with Crippen LogP contribution >= 0.6 is 0 Å². The minimum absolute atomic E-state index is 0.00886. The second-order valence-corrected chi connectivity index (χ2v) is 9.45. The van der Waals surface area contributed by atoms with Crippen molar-refractivity contribution >= 4 is 10.0 Å². The summed E-state index contributed by atoms with van der Waals surface area (Å²) < 4.78 is 35.2. The quantitative estimate of drug-likeness (QED) is 0.636. The summed E-state index contributed by atoms with van der Waals surface area (Å²) >= 11 is 0. The van der Waals surface area contributed by atoms with E-state index in [0.29, 0.717) is 23.0 Å². The van der Waals surface area contributed by atoms with Gasteiger partial charge in [-0.1, -0.05) is 0 Å². The molecule has 9 nitrogen and oxygen atoms in total. The minimum atomic E-state index is -3.76. The number of H-pyrrole nitrogens is 1. The molecule has 0 spiro atoms. The third kappa shape index (κ3) is 4.33. The van der Waals surface area contributed by atoms with Crippen LogP contribution in [0.3, 0.4) is 0 Å². The fourth-order valence-electron chi connectivity index (χ4n) is 3.15. The largest absolute Gasteiger partial charge is 0.497 e. The van der Waals surface area contributed by atoms with Crippen LogP contribution in [0.15, 0.2) is 29.2 Å². The molecular weight excluding hydrogens is 392 g/mol. The van der Waals surface area contributed by atoms with Gasteiger partial charge in [0, 0.05) is 5.56 Å². The van der Waals surface area contributed by atoms with Crippen LogP contribution in [0.1, 0.15) is 38.0 Å². The van der Waals surface area contributed by atoms with Crippen LogP contribution in [0.5, 0.6) is 5.75 Å². The summed E-state index contributed by atoms with van der Waals surface area (Å²) in [5.41, 5.74) is 1.54. The monoisotopic (exact) mass is 418 g/mol. The predicted molar refractivity (Wildman–Crippen MR) is 109 cm³/mol. The van der Waals surface area contributed by atoms with Crippen LogP contribution in [-0.4, -0.2) is 40.5 Å². The summed E-state index contributed by atoms with van der Waals surface area (Å²) in [6, 6.07) is 7.30. The highest BCUT2D eigenvalue weighted by molar-refractivity contribution is 7.89. The lowest BCUT2D eigenvalue weighted by Crippen LogP contribution is -2.27. The van der Waals surface area contributed by atoms with E-state index < -0.39 is 10.0 Å². The Hall–Kier alpha value is -2.72. The molecular formula is C19H26N6O3S. The second-order valence-electron chi connectivity index (χ2n) is 7.74. The molecule has 2 aromatic heterocycles. The molecule has 2 N–H and O–H groups in total. The number of hydrogen-bond donors (Lipinski definition) is 2. The summed E-state index contributed by atoms with van der Waals surface area (Å²) in [7, 11) is -2.16. The summed E-state index contributed by atoms with van der Waals surface area (Å²) in [4.78, 5) is 4.56. The average Bonchev–Trinajstić information content (AvgIpc) is 3.24. The number of benzene rings is 1. The van der Waals surface area contributed by atoms with Crippen LogP contribution in [-0.2, 0) is 22.1 Å². The van der Waals surface area contributed by atoms with Crippen molar-refractivity contribution in [2.45, 2.75) is 51.6 Å². The Bertz CT molecular complexity index is 1110. The van der Waals surface area contributed by atoms with Gasteiger partial charge >= 0.3 is 0 Å². The van der Waals surface area contributed by atoms with Crippen LogP contribution in [0.25, 0.3) is 11.4 Å². The smallest absolute Gasteiger partial charge is 0.244 e. The molecule has 0 aliphatic rings. The van der Waals surface area contributed by atoms with E-state index in [1.807, 2.05) is 45.0 Å². The van der Waals surface area contributed by atoms with Crippen LogP contribution in [0.4, 0.5) is 0 Å². The highest BCUT2D eigenvalue weighted by atomic mass is 32.2. The molecule has 156 valence electrons. The molecule has 0 bridgehead atoms. The molecule has 0 aliphatic heterocycles. The molecule has 0 aliphatic carbocycles. The number of ether oxygens (including phenoxy) is 1. The van der Waals surface area contributed by atoms with Gasteiger partial charge in [-0.2, -0.15) is 10.2 Å². The van der Waals surface area contributed by atoms with Crippen molar-refractivity contribution in [3.63, 3.8) is 0 Å². The number of sulfonamides is 1. The first-order chi connectivity index (χ1) is 13.5. The van der Waals surface area contributed by atoms with Crippen molar-refractivity contribution in [2.75, 3.05) is 7.11 Å². The minimum Gasteiger partial charge on any atom is -0.497 e. The molecule has 0 atom stereocenters. The van der Waals surface area contributed by atoms with Crippen molar-refractivity contribution in [1.82, 2.24) is 29.7 Å². The lowest BCUT2D eigenvalue weighted by molar-refractivity contribution is 0.345. The van der Waals surface area contributed by atoms with Gasteiger partial charge in [-0.25, -0.2) is 18.1 Å². The van der Waals surface area contributed by atoms with Gasteiger partial charge in [-0.05, 0) is 58.9 Å². The Morgan fingerprint density at radius 3 is 2.38 bits per heavy atom. The normalized spacial score (nSPS) is 12.3. The van der Waals surface area contributed by atoms with Gasteiger partial charge in [0.05, 0.1) is 30.6 Å². The SMILES string of the molecule is COc1ccc(-c2n[nH]c(CNS(=O)(=O)c3c(C)nn(C(C)(C)C)c3C)n2)cc1. The molecule has 0 saturated heterocycles. The first-order valence-electron chi connectivity index (χ1n) is 9.15. The van der Waals surface area contributed by atoms with Gasteiger partial charge in [0.25, 0.3) is 0 Å². The van der Waals surface area contributed by atoms with Gasteiger partial charge in [-0.3, -0.25) is 9.78 Å². The first kappa shape index (κ1) is 21.0. The fraction of sp³-hybridized carbons (Fsp3) is 0.421. The standard InChI is InChI=1S/C19H26N6O3S/c1-12-17(13(2)25(24-12)19(3,4)5)29(26,27)20-11-16-21-18(23-22-16)14-7-9-15(28-6)10-8-14/h7-10,20H,11H2,1-6H3,(H,21,22,23). The molecule has 0 radical (unpaired) electrons. The number of nitrogens with zero attached hydrogens (tertiary/aromatic N) is 4. The van der Waals surface area contributed by atoms with Gasteiger partial charge in [-0.15, -0.1) is 0 Å². The predicted octanol–water partition coefficient (Wildman–Crippen LogP) is 2.53. The molecule has 0 unspecified atom stereocenters. The molecule has 29 heavy (non-hydrogen) atoms. The van der Waals surface area contributed by atoms with Crippen molar-refractivity contribution in [3.05, 3.63) is 41.5 Å². The van der Waals surface area contributed by atoms with Crippen LogP contribution in [0.2, 0.25) is 0 Å². The molecule has 0 saturated carbocycles. The van der Waals surface area contributed by atoms with Gasteiger partial charge in [0.2, 0.25) is 10.0 Å². The van der Waals surface area contributed by atoms with Crippen LogP contribution < -0.4 is 9.46 Å². The molecule has 1 aromatic carbocycles. The number of aryl methyl sites for hydroxylation is 1. The van der Waals surface area contributed by atoms with E-state index in [9.17, 15) is 8.42 Å². The molecule has 3 aromatic rings. The Morgan fingerprint density at radius 1 is 1.17 bits per heavy atom. The average molecular weight is 419 g/mol. The van der Waals surface area contributed by atoms with Gasteiger partial charge in [0.1, 0.15) is 16.5 Å². The maximum absolute atomic E-state index is 12.9. The second kappa shape index (κ2) is 7.60. The topological polar surface area (TPSA) is 115 Å². The Kier molecular flexibility index (Phi) is 5.50. The third-order valence-electron chi connectivity index (χ3n) is 4.44. The van der Waals surface area contributed by atoms with E-state index >= 15 is 0 Å². The zero-order valence-electron chi connectivity index (χ0n) is 17.4. The van der Waals surface area contributed by atoms with Crippen molar-refractivity contribution < 1.29 is 13.2 Å². The number of nitrogens with one attached hydrogen (secondary N) is 2. The number of methoxy groups -OCH3 is 1. The van der Waals surface area contributed by atoms with Crippen molar-refractivity contribution in [3.8, 4) is 17.1 Å². The van der Waals surface area contributed by atoms with Crippen molar-refractivity contribution in [2.24, 2.45) is 0 Å². The zero-order valence-corrected chi connectivity index (χ0v) is 18.3. The molecule has 0 amide bonds. The third-order valence-corrected chi connectivity index (χ3v) is 6.09. The van der Waals surface area contributed by atoms with Crippen LogP contribution in [0, 0.1) is 13.8 Å².